The van der Waals surface area contributed by atoms with Gasteiger partial charge in [0.1, 0.15) is 23.7 Å². The molecule has 172 valence electrons. The molecule has 1 aromatic carbocycles. The van der Waals surface area contributed by atoms with E-state index in [1.54, 1.807) is 4.90 Å². The Kier molecular flexibility index (Phi) is 7.45. The van der Waals surface area contributed by atoms with Gasteiger partial charge in [-0.05, 0) is 67.7 Å². The van der Waals surface area contributed by atoms with Crippen molar-refractivity contribution in [2.45, 2.75) is 77.7 Å². The first-order valence-corrected chi connectivity index (χ1v) is 15.7. The zero-order chi connectivity index (χ0) is 23.0. The second kappa shape index (κ2) is 9.41. The Hall–Kier alpha value is -1.09. The van der Waals surface area contributed by atoms with E-state index in [4.69, 9.17) is 26.1 Å². The van der Waals surface area contributed by atoms with Crippen LogP contribution in [-0.2, 0) is 16.2 Å². The van der Waals surface area contributed by atoms with E-state index in [0.717, 1.165) is 40.2 Å². The number of amides is 1. The molecule has 2 aromatic rings. The van der Waals surface area contributed by atoms with Gasteiger partial charge < -0.3 is 14.0 Å². The van der Waals surface area contributed by atoms with Gasteiger partial charge in [-0.1, -0.05) is 31.2 Å². The van der Waals surface area contributed by atoms with Gasteiger partial charge in [-0.25, -0.2) is 9.78 Å². The van der Waals surface area contributed by atoms with E-state index >= 15 is 0 Å². The summed E-state index contributed by atoms with van der Waals surface area (Å²) in [5, 5.41) is 0.571. The number of aromatic nitrogens is 2. The second-order valence-corrected chi connectivity index (χ2v) is 17.2. The quantitative estimate of drug-likeness (QED) is 0.303. The largest absolute Gasteiger partial charge is 0.444 e. The van der Waals surface area contributed by atoms with Crippen molar-refractivity contribution in [2.24, 2.45) is 0 Å². The lowest BCUT2D eigenvalue weighted by atomic mass is 10.2. The number of fused-ring (bicyclic) bond motifs is 1. The van der Waals surface area contributed by atoms with E-state index in [0.29, 0.717) is 24.9 Å². The molecule has 1 aliphatic heterocycles. The van der Waals surface area contributed by atoms with Crippen molar-refractivity contribution in [2.75, 3.05) is 13.2 Å². The summed E-state index contributed by atoms with van der Waals surface area (Å²) < 4.78 is 14.6. The summed E-state index contributed by atoms with van der Waals surface area (Å²) in [6.07, 6.45) is 1.43. The number of halogens is 2. The van der Waals surface area contributed by atoms with Crippen LogP contribution >= 0.6 is 27.5 Å². The van der Waals surface area contributed by atoms with Crippen LogP contribution in [0.15, 0.2) is 16.6 Å². The molecule has 1 aromatic heterocycles. The Morgan fingerprint density at radius 2 is 2.03 bits per heavy atom. The van der Waals surface area contributed by atoms with E-state index in [1.165, 1.54) is 0 Å². The highest BCUT2D eigenvalue weighted by molar-refractivity contribution is 9.10. The van der Waals surface area contributed by atoms with Gasteiger partial charge in [0.2, 0.25) is 0 Å². The van der Waals surface area contributed by atoms with E-state index in [-0.39, 0.29) is 12.1 Å². The molecule has 1 saturated heterocycles. The molecule has 1 unspecified atom stereocenters. The third-order valence-electron chi connectivity index (χ3n) is 5.24. The van der Waals surface area contributed by atoms with Crippen molar-refractivity contribution < 1.29 is 14.3 Å². The Labute approximate surface area is 199 Å². The first kappa shape index (κ1) is 24.5. The van der Waals surface area contributed by atoms with Gasteiger partial charge in [0, 0.05) is 25.7 Å². The summed E-state index contributed by atoms with van der Waals surface area (Å²) in [6.45, 7) is 14.4. The third kappa shape index (κ3) is 6.03. The highest BCUT2D eigenvalue weighted by Crippen LogP contribution is 2.37. The van der Waals surface area contributed by atoms with Crippen LogP contribution in [0.3, 0.4) is 0 Å². The van der Waals surface area contributed by atoms with Crippen LogP contribution in [0.4, 0.5) is 4.79 Å². The third-order valence-corrected chi connectivity index (χ3v) is 8.21. The molecule has 9 heteroatoms. The maximum Gasteiger partial charge on any atom is 0.410 e. The number of hydrogen-bond acceptors (Lipinski definition) is 4. The minimum atomic E-state index is -1.18. The number of ether oxygens (including phenoxy) is 2. The number of hydrogen-bond donors (Lipinski definition) is 0. The van der Waals surface area contributed by atoms with E-state index < -0.39 is 13.7 Å². The number of carbonyl (C=O) groups excluding carboxylic acids is 1. The van der Waals surface area contributed by atoms with Gasteiger partial charge in [-0.3, -0.25) is 4.90 Å². The number of nitrogens with zero attached hydrogens (tertiary/aromatic N) is 3. The van der Waals surface area contributed by atoms with Crippen LogP contribution in [0.2, 0.25) is 30.7 Å². The van der Waals surface area contributed by atoms with Crippen LogP contribution in [0, 0.1) is 0 Å². The molecule has 0 radical (unpaired) electrons. The zero-order valence-electron chi connectivity index (χ0n) is 19.3. The monoisotopic (exact) mass is 529 g/mol. The Bertz CT molecular complexity index is 952. The molecule has 0 spiro atoms. The Morgan fingerprint density at radius 1 is 1.32 bits per heavy atom. The highest BCUT2D eigenvalue weighted by atomic mass is 79.9. The van der Waals surface area contributed by atoms with Gasteiger partial charge >= 0.3 is 6.09 Å². The highest BCUT2D eigenvalue weighted by Gasteiger charge is 2.36. The minimum Gasteiger partial charge on any atom is -0.444 e. The van der Waals surface area contributed by atoms with Crippen molar-refractivity contribution in [1.82, 2.24) is 14.5 Å². The number of rotatable bonds is 6. The number of imidazole rings is 1. The summed E-state index contributed by atoms with van der Waals surface area (Å²) in [5.74, 6) is 0.798. The fraction of sp³-hybridized carbons (Fsp3) is 0.636. The van der Waals surface area contributed by atoms with Crippen molar-refractivity contribution in [1.29, 1.82) is 0 Å². The zero-order valence-corrected chi connectivity index (χ0v) is 22.6. The number of carbonyl (C=O) groups is 1. The fourth-order valence-corrected chi connectivity index (χ4v) is 4.93. The summed E-state index contributed by atoms with van der Waals surface area (Å²) in [4.78, 5) is 19.5. The average Bonchev–Trinajstić information content (AvgIpc) is 3.24. The maximum absolute atomic E-state index is 12.9. The van der Waals surface area contributed by atoms with Crippen molar-refractivity contribution in [3.8, 4) is 0 Å². The van der Waals surface area contributed by atoms with Gasteiger partial charge in [0.05, 0.1) is 16.6 Å². The molecule has 1 amide bonds. The lowest BCUT2D eigenvalue weighted by Gasteiger charge is -2.28. The van der Waals surface area contributed by atoms with Crippen LogP contribution in [-0.4, -0.2) is 47.4 Å². The van der Waals surface area contributed by atoms with Gasteiger partial charge in [-0.15, -0.1) is 0 Å². The van der Waals surface area contributed by atoms with E-state index in [1.807, 2.05) is 32.9 Å². The molecule has 0 aliphatic carbocycles. The van der Waals surface area contributed by atoms with Gasteiger partial charge in [0.25, 0.3) is 0 Å². The lowest BCUT2D eigenvalue weighted by molar-refractivity contribution is 0.0205. The second-order valence-electron chi connectivity index (χ2n) is 10.3. The van der Waals surface area contributed by atoms with E-state index in [9.17, 15) is 4.79 Å². The van der Waals surface area contributed by atoms with Crippen LogP contribution in [0.1, 0.15) is 45.5 Å². The molecule has 3 rings (SSSR count). The predicted octanol–water partition coefficient (Wildman–Crippen LogP) is 6.84. The van der Waals surface area contributed by atoms with Crippen molar-refractivity contribution in [3.63, 3.8) is 0 Å². The molecular weight excluding hydrogens is 498 g/mol. The summed E-state index contributed by atoms with van der Waals surface area (Å²) in [7, 11) is -1.18. The SMILES string of the molecule is CC(C)(C)OC(=O)N1CCCC1c1nc2c(Cl)c(Br)ccc2n1COCC[Si](C)(C)C. The summed E-state index contributed by atoms with van der Waals surface area (Å²) in [5.41, 5.74) is 1.08. The van der Waals surface area contributed by atoms with Crippen molar-refractivity contribution >= 4 is 52.7 Å². The topological polar surface area (TPSA) is 56.6 Å². The molecule has 0 N–H and O–H groups in total. The average molecular weight is 531 g/mol. The maximum atomic E-state index is 12.9. The molecular formula is C22H33BrClN3O3Si. The van der Waals surface area contributed by atoms with Crippen LogP contribution in [0.25, 0.3) is 11.0 Å². The first-order chi connectivity index (χ1) is 14.4. The standard InChI is InChI=1S/C22H33BrClN3O3Si/c1-22(2,3)30-21(28)26-11-7-8-17(26)20-25-19-16(10-9-15(23)18(19)24)27(20)14-29-12-13-31(4,5)6/h9-10,17H,7-8,11-14H2,1-6H3. The molecule has 1 atom stereocenters. The molecule has 0 saturated carbocycles. The normalized spacial score (nSPS) is 17.5. The first-order valence-electron chi connectivity index (χ1n) is 10.8. The van der Waals surface area contributed by atoms with Crippen LogP contribution < -0.4 is 0 Å². The Balaban J connectivity index is 1.94. The van der Waals surface area contributed by atoms with Crippen molar-refractivity contribution in [3.05, 3.63) is 27.5 Å². The predicted molar refractivity (Wildman–Crippen MR) is 131 cm³/mol. The molecule has 2 heterocycles. The lowest BCUT2D eigenvalue weighted by Crippen LogP contribution is -2.37. The summed E-state index contributed by atoms with van der Waals surface area (Å²) >= 11 is 10.1. The summed E-state index contributed by atoms with van der Waals surface area (Å²) in [6, 6.07) is 4.85. The molecule has 0 bridgehead atoms. The fourth-order valence-electron chi connectivity index (χ4n) is 3.65. The molecule has 1 fully saturated rings. The van der Waals surface area contributed by atoms with E-state index in [2.05, 4.69) is 40.1 Å². The minimum absolute atomic E-state index is 0.169. The van der Waals surface area contributed by atoms with Gasteiger partial charge in [0.15, 0.2) is 0 Å². The smallest absolute Gasteiger partial charge is 0.410 e. The molecule has 6 nitrogen and oxygen atoms in total. The number of likely N-dealkylation sites (tertiary alicyclic amines) is 1. The molecule has 31 heavy (non-hydrogen) atoms. The van der Waals surface area contributed by atoms with Crippen LogP contribution in [0.5, 0.6) is 0 Å². The number of benzene rings is 1. The molecule has 1 aliphatic rings. The van der Waals surface area contributed by atoms with Gasteiger partial charge in [-0.2, -0.15) is 0 Å². The Morgan fingerprint density at radius 3 is 2.68 bits per heavy atom.